The van der Waals surface area contributed by atoms with Gasteiger partial charge in [0.1, 0.15) is 11.3 Å². The molecule has 30 heavy (non-hydrogen) atoms. The fourth-order valence-electron chi connectivity index (χ4n) is 3.55. The Morgan fingerprint density at radius 1 is 1.00 bits per heavy atom. The lowest BCUT2D eigenvalue weighted by Crippen LogP contribution is -2.47. The maximum absolute atomic E-state index is 12.6. The lowest BCUT2D eigenvalue weighted by molar-refractivity contribution is 0.183. The van der Waals surface area contributed by atoms with Crippen molar-refractivity contribution in [3.05, 3.63) is 81.6 Å². The molecule has 4 rings (SSSR count). The van der Waals surface area contributed by atoms with Gasteiger partial charge in [0.05, 0.1) is 0 Å². The Hall–Kier alpha value is -2.94. The van der Waals surface area contributed by atoms with Gasteiger partial charge in [-0.1, -0.05) is 30.3 Å². The molecular formula is C22H22N2O5S. The predicted octanol–water partition coefficient (Wildman–Crippen LogP) is 2.62. The van der Waals surface area contributed by atoms with Gasteiger partial charge in [0.15, 0.2) is 0 Å². The first-order chi connectivity index (χ1) is 14.4. The third-order valence-electron chi connectivity index (χ3n) is 5.13. The summed E-state index contributed by atoms with van der Waals surface area (Å²) in [5.74, 6) is 0.0326. The third kappa shape index (κ3) is 4.62. The van der Waals surface area contributed by atoms with Crippen LogP contribution in [0.15, 0.2) is 69.2 Å². The van der Waals surface area contributed by atoms with Crippen LogP contribution in [0, 0.1) is 0 Å². The lowest BCUT2D eigenvalue weighted by Gasteiger charge is -2.33. The normalized spacial score (nSPS) is 16.4. The summed E-state index contributed by atoms with van der Waals surface area (Å²) < 4.78 is 31.9. The van der Waals surface area contributed by atoms with E-state index in [1.165, 1.54) is 21.8 Å². The van der Waals surface area contributed by atoms with Crippen LogP contribution >= 0.6 is 0 Å². The number of fused-ring (bicyclic) bond motifs is 1. The molecule has 0 saturated carbocycles. The van der Waals surface area contributed by atoms with E-state index in [2.05, 4.69) is 4.90 Å². The van der Waals surface area contributed by atoms with Crippen LogP contribution in [0.3, 0.4) is 0 Å². The smallest absolute Gasteiger partial charge is 0.336 e. The zero-order valence-electron chi connectivity index (χ0n) is 16.3. The number of phenolic OH excluding ortho intramolecular Hbond substituents is 1. The number of rotatable bonds is 5. The van der Waals surface area contributed by atoms with Gasteiger partial charge in [-0.25, -0.2) is 13.2 Å². The molecular weight excluding hydrogens is 404 g/mol. The number of piperazine rings is 1. The van der Waals surface area contributed by atoms with Crippen molar-refractivity contribution in [3.8, 4) is 5.75 Å². The quantitative estimate of drug-likeness (QED) is 0.631. The molecule has 156 valence electrons. The molecule has 7 nitrogen and oxygen atoms in total. The lowest BCUT2D eigenvalue weighted by atomic mass is 10.1. The molecule has 0 aliphatic carbocycles. The molecule has 3 aromatic rings. The topological polar surface area (TPSA) is 91.1 Å². The first-order valence-electron chi connectivity index (χ1n) is 9.62. The molecule has 1 fully saturated rings. The van der Waals surface area contributed by atoms with Crippen LogP contribution in [0.5, 0.6) is 5.75 Å². The number of hydrogen-bond acceptors (Lipinski definition) is 6. The molecule has 1 N–H and O–H groups in total. The number of hydrogen-bond donors (Lipinski definition) is 1. The van der Waals surface area contributed by atoms with Crippen LogP contribution in [0.2, 0.25) is 0 Å². The van der Waals surface area contributed by atoms with Crippen molar-refractivity contribution in [2.45, 2.75) is 6.54 Å². The van der Waals surface area contributed by atoms with Gasteiger partial charge < -0.3 is 9.52 Å². The van der Waals surface area contributed by atoms with Crippen molar-refractivity contribution < 1.29 is 17.9 Å². The van der Waals surface area contributed by atoms with E-state index in [4.69, 9.17) is 4.42 Å². The van der Waals surface area contributed by atoms with Crippen molar-refractivity contribution in [1.82, 2.24) is 9.21 Å². The van der Waals surface area contributed by atoms with Crippen LogP contribution in [-0.2, 0) is 16.6 Å². The van der Waals surface area contributed by atoms with Crippen LogP contribution in [0.25, 0.3) is 17.0 Å². The van der Waals surface area contributed by atoms with Gasteiger partial charge in [-0.15, -0.1) is 0 Å². The number of phenols is 1. The molecule has 0 atom stereocenters. The molecule has 1 aliphatic heterocycles. The average molecular weight is 426 g/mol. The Labute approximate surface area is 174 Å². The predicted molar refractivity (Wildman–Crippen MR) is 115 cm³/mol. The SMILES string of the molecule is O=c1cc(CN2CCN(S(=O)(=O)/C=C/c3ccccc3)CC2)c2ccc(O)cc2o1. The Bertz CT molecular complexity index is 1230. The number of aromatic hydroxyl groups is 1. The van der Waals surface area contributed by atoms with Gasteiger partial charge in [-0.05, 0) is 29.3 Å². The van der Waals surface area contributed by atoms with E-state index in [0.717, 1.165) is 16.5 Å². The standard InChI is InChI=1S/C22H22N2O5S/c25-19-6-7-20-18(14-22(26)29-21(20)15-19)16-23-9-11-24(12-10-23)30(27,28)13-8-17-4-2-1-3-5-17/h1-8,13-15,25H,9-12,16H2/b13-8+. The van der Waals surface area contributed by atoms with Gasteiger partial charge in [0.2, 0.25) is 10.0 Å². The molecule has 0 bridgehead atoms. The molecule has 0 amide bonds. The summed E-state index contributed by atoms with van der Waals surface area (Å²) in [5.41, 5.74) is 1.49. The Morgan fingerprint density at radius 2 is 1.73 bits per heavy atom. The Balaban J connectivity index is 1.43. The largest absolute Gasteiger partial charge is 0.508 e. The van der Waals surface area contributed by atoms with E-state index in [0.29, 0.717) is 38.3 Å². The Kier molecular flexibility index (Phi) is 5.72. The van der Waals surface area contributed by atoms with Gasteiger partial charge in [-0.2, -0.15) is 4.31 Å². The molecule has 8 heteroatoms. The zero-order valence-corrected chi connectivity index (χ0v) is 17.1. The summed E-state index contributed by atoms with van der Waals surface area (Å²) in [6.07, 6.45) is 1.60. The first-order valence-corrected chi connectivity index (χ1v) is 11.1. The fourth-order valence-corrected chi connectivity index (χ4v) is 4.72. The number of nitrogens with zero attached hydrogens (tertiary/aromatic N) is 2. The van der Waals surface area contributed by atoms with Gasteiger partial charge in [0.25, 0.3) is 0 Å². The minimum atomic E-state index is -3.49. The summed E-state index contributed by atoms with van der Waals surface area (Å²) in [5, 5.41) is 11.6. The fraction of sp³-hybridized carbons (Fsp3) is 0.227. The summed E-state index contributed by atoms with van der Waals surface area (Å²) >= 11 is 0. The summed E-state index contributed by atoms with van der Waals surface area (Å²) in [6.45, 7) is 2.36. The molecule has 0 spiro atoms. The molecule has 0 radical (unpaired) electrons. The first kappa shape index (κ1) is 20.3. The highest BCUT2D eigenvalue weighted by atomic mass is 32.2. The minimum absolute atomic E-state index is 0.0326. The third-order valence-corrected chi connectivity index (χ3v) is 6.70. The van der Waals surface area contributed by atoms with Gasteiger partial charge >= 0.3 is 5.63 Å². The van der Waals surface area contributed by atoms with Crippen LogP contribution in [0.4, 0.5) is 0 Å². The minimum Gasteiger partial charge on any atom is -0.508 e. The Morgan fingerprint density at radius 3 is 2.47 bits per heavy atom. The molecule has 2 aromatic carbocycles. The van der Waals surface area contributed by atoms with E-state index in [-0.39, 0.29) is 5.75 Å². The number of benzene rings is 2. The highest BCUT2D eigenvalue weighted by molar-refractivity contribution is 7.92. The second kappa shape index (κ2) is 8.43. The molecule has 2 heterocycles. The van der Waals surface area contributed by atoms with Crippen molar-refractivity contribution in [2.24, 2.45) is 0 Å². The van der Waals surface area contributed by atoms with E-state index in [1.807, 2.05) is 30.3 Å². The van der Waals surface area contributed by atoms with Crippen molar-refractivity contribution in [2.75, 3.05) is 26.2 Å². The van der Waals surface area contributed by atoms with Crippen LogP contribution in [-0.4, -0.2) is 48.9 Å². The summed E-state index contributed by atoms with van der Waals surface area (Å²) in [6, 6.07) is 15.4. The molecule has 1 aromatic heterocycles. The van der Waals surface area contributed by atoms with Crippen molar-refractivity contribution in [3.63, 3.8) is 0 Å². The second-order valence-electron chi connectivity index (χ2n) is 7.20. The monoisotopic (exact) mass is 426 g/mol. The number of sulfonamides is 1. The second-order valence-corrected chi connectivity index (χ2v) is 9.02. The summed E-state index contributed by atoms with van der Waals surface area (Å²) in [4.78, 5) is 14.0. The molecule has 1 saturated heterocycles. The van der Waals surface area contributed by atoms with E-state index < -0.39 is 15.6 Å². The van der Waals surface area contributed by atoms with Crippen LogP contribution in [0.1, 0.15) is 11.1 Å². The van der Waals surface area contributed by atoms with Gasteiger partial charge in [0, 0.05) is 55.7 Å². The maximum atomic E-state index is 12.6. The highest BCUT2D eigenvalue weighted by Gasteiger charge is 2.25. The van der Waals surface area contributed by atoms with Crippen LogP contribution < -0.4 is 5.63 Å². The van der Waals surface area contributed by atoms with E-state index >= 15 is 0 Å². The van der Waals surface area contributed by atoms with Gasteiger partial charge in [-0.3, -0.25) is 4.90 Å². The molecule has 0 unspecified atom stereocenters. The maximum Gasteiger partial charge on any atom is 0.336 e. The van der Waals surface area contributed by atoms with E-state index in [1.54, 1.807) is 18.2 Å². The van der Waals surface area contributed by atoms with Crippen molar-refractivity contribution in [1.29, 1.82) is 0 Å². The average Bonchev–Trinajstić information content (AvgIpc) is 2.73. The molecule has 1 aliphatic rings. The van der Waals surface area contributed by atoms with Crippen molar-refractivity contribution >= 4 is 27.1 Å². The summed E-state index contributed by atoms with van der Waals surface area (Å²) in [7, 11) is -3.49. The highest BCUT2D eigenvalue weighted by Crippen LogP contribution is 2.23. The van der Waals surface area contributed by atoms with E-state index in [9.17, 15) is 18.3 Å². The zero-order chi connectivity index (χ0) is 21.1.